The minimum Gasteiger partial charge on any atom is -0.320 e. The molecule has 0 unspecified atom stereocenters. The number of benzene rings is 2. The summed E-state index contributed by atoms with van der Waals surface area (Å²) >= 11 is 0. The first-order valence-electron chi connectivity index (χ1n) is 14.8. The van der Waals surface area contributed by atoms with Crippen molar-refractivity contribution in [3.8, 4) is 0 Å². The van der Waals surface area contributed by atoms with Crippen molar-refractivity contribution in [2.75, 3.05) is 10.6 Å². The summed E-state index contributed by atoms with van der Waals surface area (Å²) in [5, 5.41) is 6.30. The van der Waals surface area contributed by atoms with Gasteiger partial charge in [0, 0.05) is 11.4 Å². The molecule has 0 aliphatic rings. The van der Waals surface area contributed by atoms with Crippen molar-refractivity contribution in [2.24, 2.45) is 23.7 Å². The molecule has 3 aromatic rings. The molecule has 3 rings (SSSR count). The normalized spacial score (nSPS) is 11.5. The molecule has 1 aromatic heterocycles. The van der Waals surface area contributed by atoms with E-state index < -0.39 is 0 Å². The van der Waals surface area contributed by atoms with Gasteiger partial charge in [0.25, 0.3) is 11.8 Å². The highest BCUT2D eigenvalue weighted by Gasteiger charge is 2.19. The number of carbonyl (C=O) groups is 2. The van der Waals surface area contributed by atoms with E-state index in [4.69, 9.17) is 0 Å². The molecule has 0 saturated carbocycles. The van der Waals surface area contributed by atoms with Crippen molar-refractivity contribution in [1.29, 1.82) is 0 Å². The molecule has 0 bridgehead atoms. The number of para-hydroxylation sites is 2. The highest BCUT2D eigenvalue weighted by molar-refractivity contribution is 6.07. The van der Waals surface area contributed by atoms with Gasteiger partial charge in [0.2, 0.25) is 0 Å². The van der Waals surface area contributed by atoms with E-state index in [0.29, 0.717) is 23.7 Å². The lowest BCUT2D eigenvalue weighted by Gasteiger charge is -2.19. The standard InChI is InChI=1S/C35H47N3O2/c1-22(2)18-26-12-9-13-27(19-23(3)4)32(26)37-34(39)30-16-11-17-31(36-30)35(40)38-33-28(20-24(5)6)14-10-15-29(33)21-25(7)8/h9-17,22-25H,18-21H2,1-8H3,(H,37,39)(H,38,40). The second kappa shape index (κ2) is 14.2. The molecule has 2 N–H and O–H groups in total. The van der Waals surface area contributed by atoms with Gasteiger partial charge >= 0.3 is 0 Å². The molecular formula is C35H47N3O2. The zero-order chi connectivity index (χ0) is 29.4. The number of aromatic nitrogens is 1. The Morgan fingerprint density at radius 1 is 0.525 bits per heavy atom. The third-order valence-electron chi connectivity index (χ3n) is 6.68. The summed E-state index contributed by atoms with van der Waals surface area (Å²) in [4.78, 5) is 31.4. The van der Waals surface area contributed by atoms with Gasteiger partial charge in [-0.25, -0.2) is 4.98 Å². The van der Waals surface area contributed by atoms with Crippen LogP contribution in [0.2, 0.25) is 0 Å². The number of pyridine rings is 1. The highest BCUT2D eigenvalue weighted by atomic mass is 16.2. The van der Waals surface area contributed by atoms with Gasteiger partial charge in [0.05, 0.1) is 0 Å². The number of nitrogens with one attached hydrogen (secondary N) is 2. The molecule has 0 saturated heterocycles. The largest absolute Gasteiger partial charge is 0.320 e. The number of anilines is 2. The molecular weight excluding hydrogens is 494 g/mol. The van der Waals surface area contributed by atoms with Crippen LogP contribution in [0.15, 0.2) is 54.6 Å². The average Bonchev–Trinajstić information content (AvgIpc) is 2.86. The second-order valence-electron chi connectivity index (χ2n) is 12.6. The minimum atomic E-state index is -0.309. The van der Waals surface area contributed by atoms with Crippen LogP contribution in [0.5, 0.6) is 0 Å². The Kier molecular flexibility index (Phi) is 11.1. The molecule has 0 atom stereocenters. The Morgan fingerprint density at radius 3 is 1.07 bits per heavy atom. The molecule has 0 aliphatic heterocycles. The van der Waals surface area contributed by atoms with Gasteiger partial charge in [-0.05, 0) is 83.7 Å². The molecule has 0 radical (unpaired) electrons. The Hall–Kier alpha value is -3.47. The number of carbonyl (C=O) groups excluding carboxylic acids is 2. The number of hydrogen-bond acceptors (Lipinski definition) is 3. The maximum absolute atomic E-state index is 13.5. The summed E-state index contributed by atoms with van der Waals surface area (Å²) in [5.74, 6) is 1.19. The monoisotopic (exact) mass is 541 g/mol. The van der Waals surface area contributed by atoms with Crippen molar-refractivity contribution in [3.63, 3.8) is 0 Å². The third kappa shape index (κ3) is 8.77. The van der Waals surface area contributed by atoms with Crippen LogP contribution in [0.1, 0.15) is 98.6 Å². The number of nitrogens with zero attached hydrogens (tertiary/aromatic N) is 1. The fourth-order valence-corrected chi connectivity index (χ4v) is 5.11. The molecule has 2 aromatic carbocycles. The van der Waals surface area contributed by atoms with Crippen LogP contribution in [-0.2, 0) is 25.7 Å². The fraction of sp³-hybridized carbons (Fsp3) is 0.457. The first-order valence-corrected chi connectivity index (χ1v) is 14.8. The van der Waals surface area contributed by atoms with E-state index in [9.17, 15) is 9.59 Å². The van der Waals surface area contributed by atoms with Crippen LogP contribution in [0.25, 0.3) is 0 Å². The fourth-order valence-electron chi connectivity index (χ4n) is 5.11. The zero-order valence-electron chi connectivity index (χ0n) is 25.6. The number of hydrogen-bond donors (Lipinski definition) is 2. The van der Waals surface area contributed by atoms with E-state index in [-0.39, 0.29) is 23.2 Å². The highest BCUT2D eigenvalue weighted by Crippen LogP contribution is 2.28. The lowest BCUT2D eigenvalue weighted by Crippen LogP contribution is -2.21. The SMILES string of the molecule is CC(C)Cc1cccc(CC(C)C)c1NC(=O)c1cccc(C(=O)Nc2c(CC(C)C)cccc2CC(C)C)n1. The molecule has 40 heavy (non-hydrogen) atoms. The van der Waals surface area contributed by atoms with E-state index in [1.54, 1.807) is 18.2 Å². The van der Waals surface area contributed by atoms with Gasteiger partial charge in [0.15, 0.2) is 0 Å². The number of amides is 2. The van der Waals surface area contributed by atoms with E-state index >= 15 is 0 Å². The Labute approximate surface area is 241 Å². The summed E-state index contributed by atoms with van der Waals surface area (Å²) < 4.78 is 0. The van der Waals surface area contributed by atoms with Crippen LogP contribution >= 0.6 is 0 Å². The van der Waals surface area contributed by atoms with Crippen molar-refractivity contribution < 1.29 is 9.59 Å². The van der Waals surface area contributed by atoms with Crippen molar-refractivity contribution in [2.45, 2.75) is 81.1 Å². The third-order valence-corrected chi connectivity index (χ3v) is 6.68. The topological polar surface area (TPSA) is 71.1 Å². The molecule has 2 amide bonds. The van der Waals surface area contributed by atoms with Crippen LogP contribution in [0.3, 0.4) is 0 Å². The summed E-state index contributed by atoms with van der Waals surface area (Å²) in [6, 6.07) is 17.5. The number of rotatable bonds is 12. The molecule has 1 heterocycles. The molecule has 5 nitrogen and oxygen atoms in total. The predicted octanol–water partition coefficient (Wildman–Crippen LogP) is 8.38. The lowest BCUT2D eigenvalue weighted by atomic mass is 9.94. The van der Waals surface area contributed by atoms with Crippen LogP contribution < -0.4 is 10.6 Å². The van der Waals surface area contributed by atoms with E-state index in [1.807, 2.05) is 0 Å². The van der Waals surface area contributed by atoms with Crippen molar-refractivity contribution >= 4 is 23.2 Å². The maximum Gasteiger partial charge on any atom is 0.274 e. The van der Waals surface area contributed by atoms with Crippen molar-refractivity contribution in [3.05, 3.63) is 88.2 Å². The van der Waals surface area contributed by atoms with Crippen molar-refractivity contribution in [1.82, 2.24) is 4.98 Å². The summed E-state index contributed by atoms with van der Waals surface area (Å²) in [5.41, 5.74) is 6.66. The lowest BCUT2D eigenvalue weighted by molar-refractivity contribution is 0.101. The van der Waals surface area contributed by atoms with Crippen LogP contribution in [-0.4, -0.2) is 16.8 Å². The first kappa shape index (κ1) is 31.1. The van der Waals surface area contributed by atoms with Gasteiger partial charge in [-0.3, -0.25) is 9.59 Å². The van der Waals surface area contributed by atoms with E-state index in [0.717, 1.165) is 59.3 Å². The Morgan fingerprint density at radius 2 is 0.800 bits per heavy atom. The molecule has 214 valence electrons. The predicted molar refractivity (Wildman–Crippen MR) is 167 cm³/mol. The van der Waals surface area contributed by atoms with Gasteiger partial charge in [-0.1, -0.05) is 97.9 Å². The first-order chi connectivity index (χ1) is 18.9. The van der Waals surface area contributed by atoms with E-state index in [2.05, 4.69) is 107 Å². The van der Waals surface area contributed by atoms with Gasteiger partial charge < -0.3 is 10.6 Å². The summed E-state index contributed by atoms with van der Waals surface area (Å²) in [6.45, 7) is 17.4. The summed E-state index contributed by atoms with van der Waals surface area (Å²) in [6.07, 6.45) is 3.47. The van der Waals surface area contributed by atoms with E-state index in [1.165, 1.54) is 0 Å². The molecule has 0 fully saturated rings. The minimum absolute atomic E-state index is 0.223. The quantitative estimate of drug-likeness (QED) is 0.242. The average molecular weight is 542 g/mol. The second-order valence-corrected chi connectivity index (χ2v) is 12.6. The van der Waals surface area contributed by atoms with Crippen LogP contribution in [0.4, 0.5) is 11.4 Å². The van der Waals surface area contributed by atoms with Gasteiger partial charge in [0.1, 0.15) is 11.4 Å². The summed E-state index contributed by atoms with van der Waals surface area (Å²) in [7, 11) is 0. The maximum atomic E-state index is 13.5. The van der Waals surface area contributed by atoms with Gasteiger partial charge in [-0.2, -0.15) is 0 Å². The smallest absolute Gasteiger partial charge is 0.274 e. The zero-order valence-corrected chi connectivity index (χ0v) is 25.6. The van der Waals surface area contributed by atoms with Gasteiger partial charge in [-0.15, -0.1) is 0 Å². The Balaban J connectivity index is 1.90. The molecule has 0 spiro atoms. The van der Waals surface area contributed by atoms with Crippen LogP contribution in [0, 0.1) is 23.7 Å². The molecule has 5 heteroatoms. The Bertz CT molecular complexity index is 1150. The molecule has 0 aliphatic carbocycles.